The predicted octanol–water partition coefficient (Wildman–Crippen LogP) is 3.57. The quantitative estimate of drug-likeness (QED) is 0.697. The minimum atomic E-state index is 0.149. The Morgan fingerprint density at radius 3 is 2.52 bits per heavy atom. The normalized spacial score (nSPS) is 15.4. The fraction of sp³-hybridized carbons (Fsp3) is 0.381. The number of fused-ring (bicyclic) bond motifs is 1. The largest absolute Gasteiger partial charge is 0.335 e. The van der Waals surface area contributed by atoms with Crippen molar-refractivity contribution in [3.63, 3.8) is 0 Å². The standard InChI is InChI=1S/C21H24N4OS/c1-14-12-15(2)23-20-18(14)16(3)19(27-20)21(26)25-10-8-24(9-11-25)13-17-4-6-22-7-5-17/h4-7,12H,8-11,13H2,1-3H3. The molecule has 3 aromatic heterocycles. The van der Waals surface area contributed by atoms with E-state index in [4.69, 9.17) is 0 Å². The number of carbonyl (C=O) groups excluding carboxylic acids is 1. The Bertz CT molecular complexity index is 975. The molecule has 140 valence electrons. The first kappa shape index (κ1) is 18.1. The van der Waals surface area contributed by atoms with Gasteiger partial charge in [0.25, 0.3) is 5.91 Å². The van der Waals surface area contributed by atoms with E-state index in [9.17, 15) is 4.79 Å². The summed E-state index contributed by atoms with van der Waals surface area (Å²) in [5.41, 5.74) is 4.55. The summed E-state index contributed by atoms with van der Waals surface area (Å²) in [4.78, 5) is 28.0. The molecule has 4 heterocycles. The zero-order valence-corrected chi connectivity index (χ0v) is 16.8. The van der Waals surface area contributed by atoms with Crippen LogP contribution in [-0.4, -0.2) is 51.9 Å². The van der Waals surface area contributed by atoms with Crippen molar-refractivity contribution in [2.75, 3.05) is 26.2 Å². The second kappa shape index (κ2) is 7.37. The molecule has 27 heavy (non-hydrogen) atoms. The third kappa shape index (κ3) is 3.59. The Hall–Kier alpha value is -2.31. The van der Waals surface area contributed by atoms with Crippen molar-refractivity contribution >= 4 is 27.5 Å². The third-order valence-corrected chi connectivity index (χ3v) is 6.41. The number of rotatable bonds is 3. The Morgan fingerprint density at radius 2 is 1.81 bits per heavy atom. The van der Waals surface area contributed by atoms with E-state index < -0.39 is 0 Å². The molecular weight excluding hydrogens is 356 g/mol. The van der Waals surface area contributed by atoms with Crippen molar-refractivity contribution in [3.05, 3.63) is 57.9 Å². The van der Waals surface area contributed by atoms with Gasteiger partial charge in [0.1, 0.15) is 4.83 Å². The van der Waals surface area contributed by atoms with Crippen molar-refractivity contribution in [3.8, 4) is 0 Å². The Labute approximate surface area is 163 Å². The van der Waals surface area contributed by atoms with E-state index in [0.29, 0.717) is 0 Å². The molecule has 1 fully saturated rings. The number of pyridine rings is 2. The van der Waals surface area contributed by atoms with Crippen LogP contribution in [0.3, 0.4) is 0 Å². The van der Waals surface area contributed by atoms with Gasteiger partial charge in [-0.2, -0.15) is 0 Å². The summed E-state index contributed by atoms with van der Waals surface area (Å²) in [5, 5.41) is 1.14. The summed E-state index contributed by atoms with van der Waals surface area (Å²) in [6.45, 7) is 10.4. The maximum atomic E-state index is 13.1. The molecule has 0 bridgehead atoms. The Kier molecular flexibility index (Phi) is 4.93. The lowest BCUT2D eigenvalue weighted by molar-refractivity contribution is 0.0632. The van der Waals surface area contributed by atoms with E-state index in [1.54, 1.807) is 0 Å². The summed E-state index contributed by atoms with van der Waals surface area (Å²) < 4.78 is 0. The molecule has 0 aromatic carbocycles. The van der Waals surface area contributed by atoms with E-state index in [2.05, 4.69) is 46.9 Å². The topological polar surface area (TPSA) is 49.3 Å². The monoisotopic (exact) mass is 380 g/mol. The molecule has 0 unspecified atom stereocenters. The summed E-state index contributed by atoms with van der Waals surface area (Å²) in [7, 11) is 0. The van der Waals surface area contributed by atoms with Crippen LogP contribution >= 0.6 is 11.3 Å². The molecule has 4 rings (SSSR count). The lowest BCUT2D eigenvalue weighted by Gasteiger charge is -2.34. The van der Waals surface area contributed by atoms with Gasteiger partial charge in [0.2, 0.25) is 0 Å². The number of piperazine rings is 1. The van der Waals surface area contributed by atoms with Gasteiger partial charge in [-0.1, -0.05) is 0 Å². The van der Waals surface area contributed by atoms with Gasteiger partial charge in [0.05, 0.1) is 4.88 Å². The molecule has 1 amide bonds. The minimum absolute atomic E-state index is 0.149. The molecular formula is C21H24N4OS. The number of aromatic nitrogens is 2. The van der Waals surface area contributed by atoms with Crippen LogP contribution in [0.25, 0.3) is 10.2 Å². The van der Waals surface area contributed by atoms with Gasteiger partial charge in [-0.25, -0.2) is 4.98 Å². The minimum Gasteiger partial charge on any atom is -0.335 e. The highest BCUT2D eigenvalue weighted by Crippen LogP contribution is 2.33. The van der Waals surface area contributed by atoms with Crippen LogP contribution in [-0.2, 0) is 6.54 Å². The van der Waals surface area contributed by atoms with Crippen LogP contribution in [0, 0.1) is 20.8 Å². The second-order valence-corrected chi connectivity index (χ2v) is 8.24. The molecule has 0 aliphatic carbocycles. The van der Waals surface area contributed by atoms with E-state index in [-0.39, 0.29) is 5.91 Å². The molecule has 3 aromatic rings. The van der Waals surface area contributed by atoms with Gasteiger partial charge < -0.3 is 4.90 Å². The van der Waals surface area contributed by atoms with Gasteiger partial charge in [0, 0.05) is 56.2 Å². The summed E-state index contributed by atoms with van der Waals surface area (Å²) in [5.74, 6) is 0.149. The maximum Gasteiger partial charge on any atom is 0.264 e. The highest BCUT2D eigenvalue weighted by Gasteiger charge is 2.26. The summed E-state index contributed by atoms with van der Waals surface area (Å²) >= 11 is 1.53. The number of thiophene rings is 1. The fourth-order valence-electron chi connectivity index (χ4n) is 3.82. The molecule has 0 spiro atoms. The molecule has 0 radical (unpaired) electrons. The molecule has 5 nitrogen and oxygen atoms in total. The molecule has 0 N–H and O–H groups in total. The zero-order chi connectivity index (χ0) is 19.0. The first-order chi connectivity index (χ1) is 13.0. The predicted molar refractivity (Wildman–Crippen MR) is 109 cm³/mol. The summed E-state index contributed by atoms with van der Waals surface area (Å²) in [6, 6.07) is 6.19. The summed E-state index contributed by atoms with van der Waals surface area (Å²) in [6.07, 6.45) is 3.66. The smallest absolute Gasteiger partial charge is 0.264 e. The molecule has 1 aliphatic heterocycles. The van der Waals surface area contributed by atoms with Gasteiger partial charge >= 0.3 is 0 Å². The Balaban J connectivity index is 1.47. The Morgan fingerprint density at radius 1 is 1.11 bits per heavy atom. The molecule has 1 aliphatic rings. The van der Waals surface area contributed by atoms with Gasteiger partial charge in [-0.05, 0) is 55.7 Å². The highest BCUT2D eigenvalue weighted by atomic mass is 32.1. The average molecular weight is 381 g/mol. The van der Waals surface area contributed by atoms with E-state index >= 15 is 0 Å². The molecule has 0 saturated carbocycles. The maximum absolute atomic E-state index is 13.1. The van der Waals surface area contributed by atoms with Gasteiger partial charge in [-0.3, -0.25) is 14.7 Å². The van der Waals surface area contributed by atoms with Crippen LogP contribution in [0.5, 0.6) is 0 Å². The second-order valence-electron chi connectivity index (χ2n) is 7.24. The van der Waals surface area contributed by atoms with Gasteiger partial charge in [-0.15, -0.1) is 11.3 Å². The number of amides is 1. The number of hydrogen-bond donors (Lipinski definition) is 0. The number of nitrogens with zero attached hydrogens (tertiary/aromatic N) is 4. The fourth-order valence-corrected chi connectivity index (χ4v) is 5.09. The van der Waals surface area contributed by atoms with E-state index in [0.717, 1.165) is 59.1 Å². The average Bonchev–Trinajstić information content (AvgIpc) is 2.99. The number of aryl methyl sites for hydroxylation is 3. The lowest BCUT2D eigenvalue weighted by atomic mass is 10.1. The molecule has 0 atom stereocenters. The van der Waals surface area contributed by atoms with Crippen molar-refractivity contribution < 1.29 is 4.79 Å². The van der Waals surface area contributed by atoms with Crippen LogP contribution in [0.1, 0.15) is 32.1 Å². The highest BCUT2D eigenvalue weighted by molar-refractivity contribution is 7.20. The number of carbonyl (C=O) groups is 1. The number of hydrogen-bond acceptors (Lipinski definition) is 5. The first-order valence-corrected chi connectivity index (χ1v) is 10.1. The van der Waals surface area contributed by atoms with Crippen LogP contribution in [0.2, 0.25) is 0 Å². The zero-order valence-electron chi connectivity index (χ0n) is 16.0. The van der Waals surface area contributed by atoms with Crippen molar-refractivity contribution in [1.82, 2.24) is 19.8 Å². The SMILES string of the molecule is Cc1cc(C)c2c(C)c(C(=O)N3CCN(Cc4ccncc4)CC3)sc2n1. The van der Waals surface area contributed by atoms with Crippen molar-refractivity contribution in [2.45, 2.75) is 27.3 Å². The van der Waals surface area contributed by atoms with Crippen LogP contribution in [0.4, 0.5) is 0 Å². The lowest BCUT2D eigenvalue weighted by Crippen LogP contribution is -2.48. The molecule has 1 saturated heterocycles. The van der Waals surface area contributed by atoms with Crippen molar-refractivity contribution in [1.29, 1.82) is 0 Å². The van der Waals surface area contributed by atoms with Crippen LogP contribution in [0.15, 0.2) is 30.6 Å². The van der Waals surface area contributed by atoms with Crippen LogP contribution < -0.4 is 0 Å². The first-order valence-electron chi connectivity index (χ1n) is 9.31. The molecule has 6 heteroatoms. The van der Waals surface area contributed by atoms with Gasteiger partial charge in [0.15, 0.2) is 0 Å². The van der Waals surface area contributed by atoms with Crippen molar-refractivity contribution in [2.24, 2.45) is 0 Å². The third-order valence-electron chi connectivity index (χ3n) is 5.24. The van der Waals surface area contributed by atoms with E-state index in [1.165, 1.54) is 22.5 Å². The van der Waals surface area contributed by atoms with E-state index in [1.807, 2.05) is 24.2 Å².